The minimum Gasteiger partial charge on any atom is -0.309 e. The molecule has 2 unspecified atom stereocenters. The van der Waals surface area contributed by atoms with Gasteiger partial charge in [-0.05, 0) is 62.3 Å². The molecule has 0 aliphatic carbocycles. The van der Waals surface area contributed by atoms with Crippen molar-refractivity contribution < 1.29 is 13.6 Å². The highest BCUT2D eigenvalue weighted by molar-refractivity contribution is 5.96. The van der Waals surface area contributed by atoms with E-state index in [1.165, 1.54) is 12.1 Å². The van der Waals surface area contributed by atoms with Crippen LogP contribution in [0.3, 0.4) is 0 Å². The summed E-state index contributed by atoms with van der Waals surface area (Å²) in [6.45, 7) is 6.03. The van der Waals surface area contributed by atoms with Crippen molar-refractivity contribution in [3.05, 3.63) is 64.7 Å². The van der Waals surface area contributed by atoms with E-state index in [2.05, 4.69) is 0 Å². The molecular weight excluding hydrogens is 320 g/mol. The fourth-order valence-electron chi connectivity index (χ4n) is 3.86. The molecule has 0 spiro atoms. The molecule has 3 rings (SSSR count). The summed E-state index contributed by atoms with van der Waals surface area (Å²) < 4.78 is 27.2. The SMILES string of the molecule is Cc1cccc(C)c1N1C(=O)CCC(Cc2ccc(F)cc2F)C1C. The molecule has 25 heavy (non-hydrogen) atoms. The second-order valence-electron chi connectivity index (χ2n) is 6.98. The first-order chi connectivity index (χ1) is 11.9. The predicted molar refractivity (Wildman–Crippen MR) is 95.7 cm³/mol. The zero-order chi connectivity index (χ0) is 18.1. The van der Waals surface area contributed by atoms with E-state index in [0.29, 0.717) is 18.4 Å². The minimum atomic E-state index is -0.565. The molecule has 0 saturated carbocycles. The van der Waals surface area contributed by atoms with Crippen LogP contribution in [0.1, 0.15) is 36.5 Å². The highest BCUT2D eigenvalue weighted by atomic mass is 19.1. The van der Waals surface area contributed by atoms with Gasteiger partial charge in [-0.3, -0.25) is 4.79 Å². The van der Waals surface area contributed by atoms with E-state index < -0.39 is 11.6 Å². The van der Waals surface area contributed by atoms with E-state index in [1.54, 1.807) is 0 Å². The molecular formula is C21H23F2NO. The van der Waals surface area contributed by atoms with Gasteiger partial charge in [-0.2, -0.15) is 0 Å². The number of carbonyl (C=O) groups excluding carboxylic acids is 1. The summed E-state index contributed by atoms with van der Waals surface area (Å²) in [5.41, 5.74) is 3.60. The van der Waals surface area contributed by atoms with Crippen LogP contribution in [0.2, 0.25) is 0 Å². The number of carbonyl (C=O) groups is 1. The van der Waals surface area contributed by atoms with Gasteiger partial charge in [0.05, 0.1) is 0 Å². The summed E-state index contributed by atoms with van der Waals surface area (Å²) in [7, 11) is 0. The van der Waals surface area contributed by atoms with E-state index in [-0.39, 0.29) is 17.9 Å². The van der Waals surface area contributed by atoms with E-state index in [0.717, 1.165) is 29.3 Å². The van der Waals surface area contributed by atoms with Gasteiger partial charge in [-0.1, -0.05) is 24.3 Å². The van der Waals surface area contributed by atoms with Crippen LogP contribution < -0.4 is 4.90 Å². The molecule has 0 aromatic heterocycles. The number of piperidine rings is 1. The Morgan fingerprint density at radius 3 is 2.44 bits per heavy atom. The van der Waals surface area contributed by atoms with Crippen molar-refractivity contribution in [1.29, 1.82) is 0 Å². The molecule has 2 aromatic rings. The van der Waals surface area contributed by atoms with E-state index in [9.17, 15) is 13.6 Å². The third-order valence-electron chi connectivity index (χ3n) is 5.26. The van der Waals surface area contributed by atoms with Gasteiger partial charge in [-0.25, -0.2) is 8.78 Å². The van der Waals surface area contributed by atoms with E-state index in [4.69, 9.17) is 0 Å². The molecule has 132 valence electrons. The lowest BCUT2D eigenvalue weighted by Crippen LogP contribution is -2.48. The monoisotopic (exact) mass is 343 g/mol. The van der Waals surface area contributed by atoms with Crippen LogP contribution in [0.15, 0.2) is 36.4 Å². The Balaban J connectivity index is 1.90. The van der Waals surface area contributed by atoms with Crippen molar-refractivity contribution >= 4 is 11.6 Å². The summed E-state index contributed by atoms with van der Waals surface area (Å²) in [5, 5.41) is 0. The topological polar surface area (TPSA) is 20.3 Å². The van der Waals surface area contributed by atoms with Crippen molar-refractivity contribution in [2.75, 3.05) is 4.90 Å². The van der Waals surface area contributed by atoms with Crippen molar-refractivity contribution in [2.45, 2.75) is 46.1 Å². The lowest BCUT2D eigenvalue weighted by molar-refractivity contribution is -0.121. The van der Waals surface area contributed by atoms with Crippen molar-refractivity contribution in [3.63, 3.8) is 0 Å². The molecule has 4 heteroatoms. The minimum absolute atomic E-state index is 0.0366. The zero-order valence-electron chi connectivity index (χ0n) is 14.9. The molecule has 0 bridgehead atoms. The Morgan fingerprint density at radius 1 is 1.12 bits per heavy atom. The highest BCUT2D eigenvalue weighted by Gasteiger charge is 2.35. The molecule has 1 aliphatic rings. The molecule has 2 aromatic carbocycles. The standard InChI is InChI=1S/C21H23F2NO/c1-13-5-4-6-14(2)21(13)24-15(3)16(8-10-20(24)25)11-17-7-9-18(22)12-19(17)23/h4-7,9,12,15-16H,8,10-11H2,1-3H3. The number of hydrogen-bond donors (Lipinski definition) is 0. The van der Waals surface area contributed by atoms with Gasteiger partial charge >= 0.3 is 0 Å². The van der Waals surface area contributed by atoms with Crippen LogP contribution in [0.4, 0.5) is 14.5 Å². The number of anilines is 1. The van der Waals surface area contributed by atoms with Crippen molar-refractivity contribution in [2.24, 2.45) is 5.92 Å². The first-order valence-electron chi connectivity index (χ1n) is 8.70. The zero-order valence-corrected chi connectivity index (χ0v) is 14.9. The Morgan fingerprint density at radius 2 is 1.80 bits per heavy atom. The summed E-state index contributed by atoms with van der Waals surface area (Å²) in [6, 6.07) is 9.69. The number of amides is 1. The fourth-order valence-corrected chi connectivity index (χ4v) is 3.86. The molecule has 2 nitrogen and oxygen atoms in total. The highest BCUT2D eigenvalue weighted by Crippen LogP contribution is 2.35. The third-order valence-corrected chi connectivity index (χ3v) is 5.26. The second kappa shape index (κ2) is 6.95. The summed E-state index contributed by atoms with van der Waals surface area (Å²) >= 11 is 0. The maximum atomic E-state index is 14.0. The normalized spacial score (nSPS) is 20.8. The average molecular weight is 343 g/mol. The maximum absolute atomic E-state index is 14.0. The number of para-hydroxylation sites is 1. The number of nitrogens with zero attached hydrogens (tertiary/aromatic N) is 1. The summed E-state index contributed by atoms with van der Waals surface area (Å²) in [5.74, 6) is -0.828. The Hall–Kier alpha value is -2.23. The lowest BCUT2D eigenvalue weighted by atomic mass is 9.83. The first kappa shape index (κ1) is 17.6. The van der Waals surface area contributed by atoms with Crippen molar-refractivity contribution in [3.8, 4) is 0 Å². The van der Waals surface area contributed by atoms with Crippen LogP contribution in [-0.4, -0.2) is 11.9 Å². The van der Waals surface area contributed by atoms with Gasteiger partial charge in [-0.15, -0.1) is 0 Å². The smallest absolute Gasteiger partial charge is 0.227 e. The Kier molecular flexibility index (Phi) is 4.89. The number of aryl methyl sites for hydroxylation is 2. The maximum Gasteiger partial charge on any atom is 0.227 e. The van der Waals surface area contributed by atoms with Gasteiger partial charge < -0.3 is 4.90 Å². The van der Waals surface area contributed by atoms with Crippen molar-refractivity contribution in [1.82, 2.24) is 0 Å². The van der Waals surface area contributed by atoms with Crippen LogP contribution in [0, 0.1) is 31.4 Å². The van der Waals surface area contributed by atoms with Gasteiger partial charge in [0.25, 0.3) is 0 Å². The molecule has 1 saturated heterocycles. The average Bonchev–Trinajstić information content (AvgIpc) is 2.55. The van der Waals surface area contributed by atoms with Gasteiger partial charge in [0.15, 0.2) is 0 Å². The molecule has 1 amide bonds. The summed E-state index contributed by atoms with van der Waals surface area (Å²) in [4.78, 5) is 14.5. The number of hydrogen-bond acceptors (Lipinski definition) is 1. The van der Waals surface area contributed by atoms with Gasteiger partial charge in [0, 0.05) is 24.2 Å². The Labute approximate surface area is 147 Å². The van der Waals surface area contributed by atoms with Crippen LogP contribution in [0.25, 0.3) is 0 Å². The van der Waals surface area contributed by atoms with Crippen LogP contribution in [0.5, 0.6) is 0 Å². The van der Waals surface area contributed by atoms with E-state index >= 15 is 0 Å². The summed E-state index contributed by atoms with van der Waals surface area (Å²) in [6.07, 6.45) is 1.67. The lowest BCUT2D eigenvalue weighted by Gasteiger charge is -2.41. The second-order valence-corrected chi connectivity index (χ2v) is 6.98. The third kappa shape index (κ3) is 3.44. The largest absolute Gasteiger partial charge is 0.309 e. The molecule has 2 atom stereocenters. The van der Waals surface area contributed by atoms with E-state index in [1.807, 2.05) is 43.9 Å². The van der Waals surface area contributed by atoms with Crippen LogP contribution >= 0.6 is 0 Å². The van der Waals surface area contributed by atoms with Gasteiger partial charge in [0.2, 0.25) is 5.91 Å². The molecule has 1 aliphatic heterocycles. The van der Waals surface area contributed by atoms with Crippen LogP contribution in [-0.2, 0) is 11.2 Å². The fraction of sp³-hybridized carbons (Fsp3) is 0.381. The predicted octanol–water partition coefficient (Wildman–Crippen LogP) is 4.96. The van der Waals surface area contributed by atoms with Gasteiger partial charge in [0.1, 0.15) is 11.6 Å². The number of benzene rings is 2. The number of halogens is 2. The molecule has 1 fully saturated rings. The molecule has 0 N–H and O–H groups in total. The molecule has 1 heterocycles. The Bertz CT molecular complexity index is 782. The molecule has 0 radical (unpaired) electrons. The first-order valence-corrected chi connectivity index (χ1v) is 8.70. The number of rotatable bonds is 3. The quantitative estimate of drug-likeness (QED) is 0.772.